The van der Waals surface area contributed by atoms with Gasteiger partial charge in [0.05, 0.1) is 10.6 Å². The zero-order valence-corrected chi connectivity index (χ0v) is 16.0. The first-order valence-electron chi connectivity index (χ1n) is 8.97. The molecule has 1 aromatic carbocycles. The average molecular weight is 433 g/mol. The van der Waals surface area contributed by atoms with Gasteiger partial charge in [-0.2, -0.15) is 13.2 Å². The zero-order chi connectivity index (χ0) is 21.3. The van der Waals surface area contributed by atoms with Gasteiger partial charge in [-0.3, -0.25) is 9.78 Å². The van der Waals surface area contributed by atoms with Gasteiger partial charge in [0.25, 0.3) is 5.91 Å². The van der Waals surface area contributed by atoms with Crippen LogP contribution >= 0.6 is 11.6 Å². The molecule has 0 atom stereocenters. The number of benzene rings is 1. The molecule has 0 bridgehead atoms. The van der Waals surface area contributed by atoms with E-state index in [1.54, 1.807) is 18.2 Å². The molecule has 3 rings (SSSR count). The number of aromatic nitrogens is 1. The van der Waals surface area contributed by atoms with Gasteiger partial charge >= 0.3 is 6.18 Å². The number of hydrogen-bond donors (Lipinski definition) is 1. The first-order valence-corrected chi connectivity index (χ1v) is 9.35. The minimum absolute atomic E-state index is 0.00977. The molecule has 0 radical (unpaired) electrons. The molecule has 0 spiro atoms. The molecular weight excluding hydrogens is 415 g/mol. The second kappa shape index (κ2) is 7.89. The third-order valence-corrected chi connectivity index (χ3v) is 5.64. The molecule has 1 heterocycles. The fourth-order valence-electron chi connectivity index (χ4n) is 3.53. The van der Waals surface area contributed by atoms with Gasteiger partial charge in [0, 0.05) is 31.0 Å². The van der Waals surface area contributed by atoms with Crippen LogP contribution in [0, 0.1) is 0 Å². The van der Waals surface area contributed by atoms with Crippen LogP contribution in [0.4, 0.5) is 22.0 Å². The largest absolute Gasteiger partial charge is 0.433 e. The van der Waals surface area contributed by atoms with Crippen molar-refractivity contribution in [3.63, 3.8) is 0 Å². The van der Waals surface area contributed by atoms with Crippen molar-refractivity contribution in [3.8, 4) is 0 Å². The number of hydrogen-bond acceptors (Lipinski definition) is 2. The van der Waals surface area contributed by atoms with Crippen molar-refractivity contribution < 1.29 is 26.7 Å². The standard InChI is InChI=1S/C20H18ClF5N2O/c21-15-4-2-1-3-14(15)17(29)28-12-18(7-9-19(22,23)10-8-18)13-5-6-16(27-11-13)20(24,25)26/h1-6,11H,7-10,12H2,(H,28,29). The third-order valence-electron chi connectivity index (χ3n) is 5.31. The van der Waals surface area contributed by atoms with Crippen LogP contribution in [-0.2, 0) is 11.6 Å². The molecule has 0 aliphatic heterocycles. The number of pyridine rings is 1. The highest BCUT2D eigenvalue weighted by Gasteiger charge is 2.45. The SMILES string of the molecule is O=C(NCC1(c2ccc(C(F)(F)F)nc2)CCC(F)(F)CC1)c1ccccc1Cl. The van der Waals surface area contributed by atoms with Gasteiger partial charge in [-0.15, -0.1) is 0 Å². The van der Waals surface area contributed by atoms with Gasteiger partial charge < -0.3 is 5.32 Å². The summed E-state index contributed by atoms with van der Waals surface area (Å²) in [5, 5.41) is 2.94. The lowest BCUT2D eigenvalue weighted by Gasteiger charge is -2.40. The molecule has 1 aliphatic rings. The first-order chi connectivity index (χ1) is 13.5. The molecule has 1 aromatic heterocycles. The van der Waals surface area contributed by atoms with Crippen LogP contribution in [0.3, 0.4) is 0 Å². The molecule has 0 unspecified atom stereocenters. The number of rotatable bonds is 4. The molecule has 9 heteroatoms. The summed E-state index contributed by atoms with van der Waals surface area (Å²) in [5.74, 6) is -3.32. The van der Waals surface area contributed by atoms with E-state index in [4.69, 9.17) is 11.6 Å². The molecule has 1 aliphatic carbocycles. The topological polar surface area (TPSA) is 42.0 Å². The van der Waals surface area contributed by atoms with E-state index in [9.17, 15) is 26.7 Å². The molecule has 1 N–H and O–H groups in total. The quantitative estimate of drug-likeness (QED) is 0.636. The second-order valence-electron chi connectivity index (χ2n) is 7.23. The highest BCUT2D eigenvalue weighted by molar-refractivity contribution is 6.33. The summed E-state index contributed by atoms with van der Waals surface area (Å²) in [6.07, 6.45) is -4.35. The maximum Gasteiger partial charge on any atom is 0.433 e. The zero-order valence-electron chi connectivity index (χ0n) is 15.2. The average Bonchev–Trinajstić information content (AvgIpc) is 2.67. The molecule has 0 saturated heterocycles. The number of alkyl halides is 5. The summed E-state index contributed by atoms with van der Waals surface area (Å²) in [5.41, 5.74) is -1.37. The Bertz CT molecular complexity index is 873. The smallest absolute Gasteiger partial charge is 0.351 e. The minimum Gasteiger partial charge on any atom is -0.351 e. The molecule has 3 nitrogen and oxygen atoms in total. The van der Waals surface area contributed by atoms with Crippen molar-refractivity contribution in [2.24, 2.45) is 0 Å². The van der Waals surface area contributed by atoms with E-state index in [0.29, 0.717) is 5.56 Å². The van der Waals surface area contributed by atoms with E-state index in [2.05, 4.69) is 10.3 Å². The minimum atomic E-state index is -4.59. The normalized spacial score (nSPS) is 18.3. The molecule has 1 saturated carbocycles. The maximum absolute atomic E-state index is 13.7. The lowest BCUT2D eigenvalue weighted by molar-refractivity contribution is -0.141. The summed E-state index contributed by atoms with van der Waals surface area (Å²) in [6.45, 7) is -0.0137. The third kappa shape index (κ3) is 4.86. The van der Waals surface area contributed by atoms with Gasteiger partial charge in [0.1, 0.15) is 5.69 Å². The summed E-state index contributed by atoms with van der Waals surface area (Å²) >= 11 is 6.01. The Labute approximate surface area is 169 Å². The van der Waals surface area contributed by atoms with E-state index < -0.39 is 42.0 Å². The van der Waals surface area contributed by atoms with Crippen LogP contribution in [0.2, 0.25) is 5.02 Å². The molecular formula is C20H18ClF5N2O. The molecule has 1 fully saturated rings. The van der Waals surface area contributed by atoms with Crippen LogP contribution in [0.25, 0.3) is 0 Å². The van der Waals surface area contributed by atoms with Crippen molar-refractivity contribution in [1.29, 1.82) is 0 Å². The van der Waals surface area contributed by atoms with Crippen LogP contribution in [0.5, 0.6) is 0 Å². The van der Waals surface area contributed by atoms with E-state index in [-0.39, 0.29) is 30.0 Å². The number of carbonyl (C=O) groups is 1. The summed E-state index contributed by atoms with van der Waals surface area (Å²) < 4.78 is 65.9. The molecule has 2 aromatic rings. The highest BCUT2D eigenvalue weighted by Crippen LogP contribution is 2.45. The van der Waals surface area contributed by atoms with Crippen LogP contribution in [-0.4, -0.2) is 23.4 Å². The Morgan fingerprint density at radius 3 is 2.28 bits per heavy atom. The predicted molar refractivity (Wildman–Crippen MR) is 98.1 cm³/mol. The van der Waals surface area contributed by atoms with Crippen molar-refractivity contribution >= 4 is 17.5 Å². The van der Waals surface area contributed by atoms with Crippen molar-refractivity contribution in [1.82, 2.24) is 10.3 Å². The summed E-state index contributed by atoms with van der Waals surface area (Å²) in [6, 6.07) is 8.46. The van der Waals surface area contributed by atoms with Crippen molar-refractivity contribution in [2.45, 2.75) is 43.2 Å². The van der Waals surface area contributed by atoms with E-state index in [0.717, 1.165) is 12.3 Å². The number of halogens is 6. The van der Waals surface area contributed by atoms with Crippen molar-refractivity contribution in [2.75, 3.05) is 6.54 Å². The fraction of sp³-hybridized carbons (Fsp3) is 0.400. The Morgan fingerprint density at radius 2 is 1.72 bits per heavy atom. The number of amides is 1. The van der Waals surface area contributed by atoms with E-state index >= 15 is 0 Å². The van der Waals surface area contributed by atoms with Gasteiger partial charge in [-0.1, -0.05) is 29.8 Å². The van der Waals surface area contributed by atoms with Crippen LogP contribution < -0.4 is 5.32 Å². The highest BCUT2D eigenvalue weighted by atomic mass is 35.5. The monoisotopic (exact) mass is 432 g/mol. The molecule has 156 valence electrons. The van der Waals surface area contributed by atoms with E-state index in [1.165, 1.54) is 12.1 Å². The molecule has 29 heavy (non-hydrogen) atoms. The molecule has 1 amide bonds. The first kappa shape index (κ1) is 21.5. The Morgan fingerprint density at radius 1 is 1.07 bits per heavy atom. The summed E-state index contributed by atoms with van der Waals surface area (Å²) in [4.78, 5) is 15.9. The number of nitrogens with one attached hydrogen (secondary N) is 1. The maximum atomic E-state index is 13.7. The Balaban J connectivity index is 1.85. The second-order valence-corrected chi connectivity index (χ2v) is 7.64. The van der Waals surface area contributed by atoms with Crippen molar-refractivity contribution in [3.05, 3.63) is 64.4 Å². The predicted octanol–water partition coefficient (Wildman–Crippen LogP) is 5.63. The Kier molecular flexibility index (Phi) is 5.85. The van der Waals surface area contributed by atoms with Gasteiger partial charge in [0.15, 0.2) is 0 Å². The van der Waals surface area contributed by atoms with Gasteiger partial charge in [-0.25, -0.2) is 8.78 Å². The number of carbonyl (C=O) groups excluding carboxylic acids is 1. The van der Waals surface area contributed by atoms with Crippen LogP contribution in [0.15, 0.2) is 42.6 Å². The lowest BCUT2D eigenvalue weighted by atomic mass is 9.68. The van der Waals surface area contributed by atoms with E-state index in [1.807, 2.05) is 0 Å². The summed E-state index contributed by atoms with van der Waals surface area (Å²) in [7, 11) is 0. The Hall–Kier alpha value is -2.22. The van der Waals surface area contributed by atoms with Crippen LogP contribution in [0.1, 0.15) is 47.3 Å². The van der Waals surface area contributed by atoms with Gasteiger partial charge in [-0.05, 0) is 36.6 Å². The fourth-order valence-corrected chi connectivity index (χ4v) is 3.75. The number of nitrogens with zero attached hydrogens (tertiary/aromatic N) is 1. The van der Waals surface area contributed by atoms with Gasteiger partial charge in [0.2, 0.25) is 5.92 Å². The lowest BCUT2D eigenvalue weighted by Crippen LogP contribution is -2.45.